The molecule has 0 unspecified atom stereocenters. The van der Waals surface area contributed by atoms with E-state index in [4.69, 9.17) is 28.6 Å². The van der Waals surface area contributed by atoms with E-state index in [0.717, 1.165) is 37.2 Å². The number of piperidine rings is 1. The molecule has 7 heteroatoms. The second-order valence-corrected chi connectivity index (χ2v) is 6.67. The molecule has 1 fully saturated rings. The molecule has 24 heavy (non-hydrogen) atoms. The highest BCUT2D eigenvalue weighted by Crippen LogP contribution is 2.35. The van der Waals surface area contributed by atoms with Crippen LogP contribution in [0.25, 0.3) is 0 Å². The summed E-state index contributed by atoms with van der Waals surface area (Å²) in [5, 5.41) is 15.4. The summed E-state index contributed by atoms with van der Waals surface area (Å²) < 4.78 is 0. The number of aryl methyl sites for hydroxylation is 1. The average Bonchev–Trinajstić information content (AvgIpc) is 2.56. The number of hydrogen-bond donors (Lipinski definition) is 3. The number of aromatic nitrogens is 2. The predicted octanol–water partition coefficient (Wildman–Crippen LogP) is 4.30. The van der Waals surface area contributed by atoms with Crippen molar-refractivity contribution in [1.29, 1.82) is 5.41 Å². The number of benzene rings is 1. The van der Waals surface area contributed by atoms with Crippen molar-refractivity contribution in [1.82, 2.24) is 15.3 Å². The smallest absolute Gasteiger partial charge is 0.135 e. The summed E-state index contributed by atoms with van der Waals surface area (Å²) in [5.74, 6) is 1.62. The summed E-state index contributed by atoms with van der Waals surface area (Å²) in [5.41, 5.74) is 2.63. The SMILES string of the molecule is Cc1nc(Cl)cc(Nc2cc(C3CCNCC3)c(Cl)cc2C=N)n1. The molecule has 0 bridgehead atoms. The standard InChI is InChI=1S/C17H19Cl2N5/c1-10-22-16(19)8-17(23-10)24-15-7-13(11-2-4-21-5-3-11)14(18)6-12(15)9-20/h6-9,11,20-21H,2-5H2,1H3,(H,22,23,24). The minimum atomic E-state index is 0.383. The fourth-order valence-electron chi connectivity index (χ4n) is 3.01. The molecular weight excluding hydrogens is 345 g/mol. The minimum Gasteiger partial charge on any atom is -0.340 e. The Morgan fingerprint density at radius 1 is 1.21 bits per heavy atom. The first kappa shape index (κ1) is 17.1. The maximum absolute atomic E-state index is 7.65. The fraction of sp³-hybridized carbons (Fsp3) is 0.353. The van der Waals surface area contributed by atoms with Gasteiger partial charge in [0.2, 0.25) is 0 Å². The third kappa shape index (κ3) is 3.86. The number of nitrogens with zero attached hydrogens (tertiary/aromatic N) is 2. The van der Waals surface area contributed by atoms with E-state index in [2.05, 4.69) is 20.6 Å². The molecule has 2 heterocycles. The maximum Gasteiger partial charge on any atom is 0.135 e. The van der Waals surface area contributed by atoms with Gasteiger partial charge in [0.25, 0.3) is 0 Å². The van der Waals surface area contributed by atoms with Crippen LogP contribution in [0.5, 0.6) is 0 Å². The summed E-state index contributed by atoms with van der Waals surface area (Å²) in [4.78, 5) is 8.41. The van der Waals surface area contributed by atoms with Gasteiger partial charge >= 0.3 is 0 Å². The molecule has 1 aromatic carbocycles. The van der Waals surface area contributed by atoms with Crippen molar-refractivity contribution in [2.45, 2.75) is 25.7 Å². The van der Waals surface area contributed by atoms with Crippen LogP contribution < -0.4 is 10.6 Å². The van der Waals surface area contributed by atoms with Gasteiger partial charge in [0.15, 0.2) is 0 Å². The largest absolute Gasteiger partial charge is 0.340 e. The molecule has 1 aliphatic rings. The topological polar surface area (TPSA) is 73.7 Å². The first-order valence-electron chi connectivity index (χ1n) is 7.89. The number of rotatable bonds is 4. The summed E-state index contributed by atoms with van der Waals surface area (Å²) >= 11 is 12.5. The first-order valence-corrected chi connectivity index (χ1v) is 8.65. The molecule has 0 amide bonds. The Morgan fingerprint density at radius 2 is 1.96 bits per heavy atom. The lowest BCUT2D eigenvalue weighted by Crippen LogP contribution is -2.26. The minimum absolute atomic E-state index is 0.383. The molecule has 0 aliphatic carbocycles. The Balaban J connectivity index is 1.97. The molecule has 0 radical (unpaired) electrons. The van der Waals surface area contributed by atoms with Crippen LogP contribution in [0.3, 0.4) is 0 Å². The van der Waals surface area contributed by atoms with Crippen molar-refractivity contribution in [2.24, 2.45) is 0 Å². The van der Waals surface area contributed by atoms with E-state index in [1.165, 1.54) is 6.21 Å². The summed E-state index contributed by atoms with van der Waals surface area (Å²) in [6.45, 7) is 3.78. The van der Waals surface area contributed by atoms with Gasteiger partial charge in [0.1, 0.15) is 16.8 Å². The van der Waals surface area contributed by atoms with E-state index in [1.54, 1.807) is 13.0 Å². The molecule has 126 valence electrons. The van der Waals surface area contributed by atoms with Gasteiger partial charge in [-0.15, -0.1) is 0 Å². The molecule has 5 nitrogen and oxygen atoms in total. The van der Waals surface area contributed by atoms with E-state index < -0.39 is 0 Å². The normalized spacial score (nSPS) is 15.3. The molecular formula is C17H19Cl2N5. The van der Waals surface area contributed by atoms with Gasteiger partial charge in [-0.2, -0.15) is 0 Å². The Bertz CT molecular complexity index is 737. The van der Waals surface area contributed by atoms with Gasteiger partial charge in [0.05, 0.1) is 0 Å². The predicted molar refractivity (Wildman–Crippen MR) is 99.2 cm³/mol. The lowest BCUT2D eigenvalue weighted by molar-refractivity contribution is 0.460. The number of hydrogen-bond acceptors (Lipinski definition) is 5. The van der Waals surface area contributed by atoms with E-state index >= 15 is 0 Å². The van der Waals surface area contributed by atoms with Gasteiger partial charge in [-0.3, -0.25) is 0 Å². The van der Waals surface area contributed by atoms with Crippen LogP contribution in [0.1, 0.15) is 35.7 Å². The highest BCUT2D eigenvalue weighted by molar-refractivity contribution is 6.32. The van der Waals surface area contributed by atoms with Gasteiger partial charge in [-0.25, -0.2) is 9.97 Å². The summed E-state index contributed by atoms with van der Waals surface area (Å²) in [6, 6.07) is 5.54. The highest BCUT2D eigenvalue weighted by atomic mass is 35.5. The van der Waals surface area contributed by atoms with E-state index in [1.807, 2.05) is 12.1 Å². The molecule has 3 rings (SSSR count). The van der Waals surface area contributed by atoms with Crippen LogP contribution in [0.4, 0.5) is 11.5 Å². The highest BCUT2D eigenvalue weighted by Gasteiger charge is 2.19. The van der Waals surface area contributed by atoms with Gasteiger partial charge < -0.3 is 16.0 Å². The Hall–Kier alpha value is -1.69. The Labute approximate surface area is 151 Å². The van der Waals surface area contributed by atoms with E-state index in [0.29, 0.717) is 33.3 Å². The van der Waals surface area contributed by atoms with Crippen molar-refractivity contribution in [3.05, 3.63) is 45.3 Å². The van der Waals surface area contributed by atoms with Crippen LogP contribution in [0, 0.1) is 12.3 Å². The quantitative estimate of drug-likeness (QED) is 0.559. The molecule has 0 spiro atoms. The van der Waals surface area contributed by atoms with Crippen LogP contribution in [-0.4, -0.2) is 29.3 Å². The lowest BCUT2D eigenvalue weighted by Gasteiger charge is -2.25. The molecule has 0 saturated carbocycles. The maximum atomic E-state index is 7.65. The van der Waals surface area contributed by atoms with Gasteiger partial charge in [-0.1, -0.05) is 23.2 Å². The average molecular weight is 364 g/mol. The van der Waals surface area contributed by atoms with E-state index in [-0.39, 0.29) is 0 Å². The summed E-state index contributed by atoms with van der Waals surface area (Å²) in [7, 11) is 0. The molecule has 0 atom stereocenters. The molecule has 2 aromatic rings. The zero-order valence-corrected chi connectivity index (χ0v) is 14.9. The zero-order valence-electron chi connectivity index (χ0n) is 13.4. The monoisotopic (exact) mass is 363 g/mol. The molecule has 1 aliphatic heterocycles. The first-order chi connectivity index (χ1) is 11.6. The second-order valence-electron chi connectivity index (χ2n) is 5.88. The third-order valence-corrected chi connectivity index (χ3v) is 4.69. The molecule has 3 N–H and O–H groups in total. The third-order valence-electron chi connectivity index (χ3n) is 4.17. The Morgan fingerprint density at radius 3 is 2.62 bits per heavy atom. The van der Waals surface area contributed by atoms with E-state index in [9.17, 15) is 0 Å². The molecule has 1 saturated heterocycles. The van der Waals surface area contributed by atoms with Crippen LogP contribution in [0.2, 0.25) is 10.2 Å². The van der Waals surface area contributed by atoms with Crippen molar-refractivity contribution in [2.75, 3.05) is 18.4 Å². The number of nitrogens with one attached hydrogen (secondary N) is 3. The van der Waals surface area contributed by atoms with Crippen molar-refractivity contribution >= 4 is 40.9 Å². The van der Waals surface area contributed by atoms with Crippen molar-refractivity contribution in [3.8, 4) is 0 Å². The number of halogens is 2. The van der Waals surface area contributed by atoms with Crippen molar-refractivity contribution in [3.63, 3.8) is 0 Å². The summed E-state index contributed by atoms with van der Waals surface area (Å²) in [6.07, 6.45) is 3.40. The van der Waals surface area contributed by atoms with Crippen LogP contribution >= 0.6 is 23.2 Å². The lowest BCUT2D eigenvalue weighted by atomic mass is 9.89. The molecule has 1 aromatic heterocycles. The van der Waals surface area contributed by atoms with Gasteiger partial charge in [0, 0.05) is 28.6 Å². The van der Waals surface area contributed by atoms with Crippen molar-refractivity contribution < 1.29 is 0 Å². The number of anilines is 2. The fourth-order valence-corrected chi connectivity index (χ4v) is 3.56. The van der Waals surface area contributed by atoms with Crippen LogP contribution in [0.15, 0.2) is 18.2 Å². The van der Waals surface area contributed by atoms with Gasteiger partial charge in [-0.05, 0) is 56.5 Å². The van der Waals surface area contributed by atoms with Crippen LogP contribution in [-0.2, 0) is 0 Å². The second kappa shape index (κ2) is 7.47. The zero-order chi connectivity index (χ0) is 17.1. The Kier molecular flexibility index (Phi) is 5.33.